The monoisotopic (exact) mass is 349 g/mol. The second-order valence-electron chi connectivity index (χ2n) is 5.87. The Morgan fingerprint density at radius 2 is 1.92 bits per heavy atom. The van der Waals surface area contributed by atoms with E-state index in [9.17, 15) is 9.59 Å². The third-order valence-corrected chi connectivity index (χ3v) is 4.05. The molecule has 3 N–H and O–H groups in total. The van der Waals surface area contributed by atoms with Crippen molar-refractivity contribution in [2.75, 3.05) is 7.11 Å². The van der Waals surface area contributed by atoms with Gasteiger partial charge in [0.2, 0.25) is 5.91 Å². The number of carbonyl (C=O) groups excluding carboxylic acids is 2. The Kier molecular flexibility index (Phi) is 5.12. The molecule has 0 fully saturated rings. The number of ether oxygens (including phenoxy) is 1. The van der Waals surface area contributed by atoms with Crippen molar-refractivity contribution in [1.82, 2.24) is 10.3 Å². The van der Waals surface area contributed by atoms with Gasteiger partial charge in [-0.3, -0.25) is 9.59 Å². The minimum absolute atomic E-state index is 0.237. The Bertz CT molecular complexity index is 956. The van der Waals surface area contributed by atoms with E-state index in [1.807, 2.05) is 42.5 Å². The van der Waals surface area contributed by atoms with Gasteiger partial charge in [-0.05, 0) is 29.8 Å². The number of nitrogens with one attached hydrogen (secondary N) is 1. The molecule has 1 aromatic heterocycles. The predicted molar refractivity (Wildman–Crippen MR) is 98.9 cm³/mol. The number of nitrogens with zero attached hydrogens (tertiary/aromatic N) is 1. The maximum atomic E-state index is 12.5. The van der Waals surface area contributed by atoms with E-state index in [0.29, 0.717) is 11.3 Å². The predicted octanol–water partition coefficient (Wildman–Crippen LogP) is 2.07. The van der Waals surface area contributed by atoms with E-state index in [2.05, 4.69) is 10.3 Å². The fourth-order valence-electron chi connectivity index (χ4n) is 2.68. The number of amides is 2. The molecule has 3 rings (SSSR count). The van der Waals surface area contributed by atoms with Crippen molar-refractivity contribution in [2.24, 2.45) is 5.73 Å². The fourth-order valence-corrected chi connectivity index (χ4v) is 2.68. The van der Waals surface area contributed by atoms with Gasteiger partial charge in [0.15, 0.2) is 0 Å². The molecule has 0 saturated carbocycles. The highest BCUT2D eigenvalue weighted by Gasteiger charge is 2.20. The number of nitrogens with two attached hydrogens (primary N) is 1. The molecule has 1 atom stereocenters. The number of primary amides is 1. The van der Waals surface area contributed by atoms with Gasteiger partial charge in [-0.25, -0.2) is 4.98 Å². The summed E-state index contributed by atoms with van der Waals surface area (Å²) >= 11 is 0. The van der Waals surface area contributed by atoms with Crippen molar-refractivity contribution >= 4 is 22.7 Å². The molecule has 6 heteroatoms. The van der Waals surface area contributed by atoms with Crippen molar-refractivity contribution in [3.05, 3.63) is 71.9 Å². The van der Waals surface area contributed by atoms with Crippen LogP contribution in [0.15, 0.2) is 60.7 Å². The molecule has 0 radical (unpaired) electrons. The van der Waals surface area contributed by atoms with E-state index in [1.165, 1.54) is 0 Å². The van der Waals surface area contributed by atoms with Crippen LogP contribution in [-0.2, 0) is 11.2 Å². The van der Waals surface area contributed by atoms with Crippen LogP contribution in [0.25, 0.3) is 10.9 Å². The van der Waals surface area contributed by atoms with Gasteiger partial charge in [-0.2, -0.15) is 0 Å². The SMILES string of the molecule is COc1cccc(C[C@H](NC(=O)c2ccc3ccccc3n2)C(N)=O)c1. The number of para-hydroxylation sites is 1. The maximum Gasteiger partial charge on any atom is 0.270 e. The van der Waals surface area contributed by atoms with E-state index in [-0.39, 0.29) is 12.1 Å². The molecule has 0 unspecified atom stereocenters. The summed E-state index contributed by atoms with van der Waals surface area (Å²) in [5.41, 5.74) is 7.25. The first-order chi connectivity index (χ1) is 12.6. The van der Waals surface area contributed by atoms with Gasteiger partial charge in [0.05, 0.1) is 12.6 Å². The maximum absolute atomic E-state index is 12.5. The third kappa shape index (κ3) is 3.97. The second-order valence-corrected chi connectivity index (χ2v) is 5.87. The molecule has 0 spiro atoms. The number of rotatable bonds is 6. The van der Waals surface area contributed by atoms with Crippen LogP contribution in [0, 0.1) is 0 Å². The summed E-state index contributed by atoms with van der Waals surface area (Å²) in [5, 5.41) is 3.60. The van der Waals surface area contributed by atoms with E-state index in [4.69, 9.17) is 10.5 Å². The summed E-state index contributed by atoms with van der Waals surface area (Å²) in [6, 6.07) is 17.4. The van der Waals surface area contributed by atoms with Gasteiger partial charge in [-0.1, -0.05) is 36.4 Å². The molecule has 2 aromatic carbocycles. The van der Waals surface area contributed by atoms with Gasteiger partial charge < -0.3 is 15.8 Å². The Hall–Kier alpha value is -3.41. The summed E-state index contributed by atoms with van der Waals surface area (Å²) in [6.07, 6.45) is 0.270. The van der Waals surface area contributed by atoms with Crippen LogP contribution in [0.2, 0.25) is 0 Å². The van der Waals surface area contributed by atoms with Crippen LogP contribution in [0.5, 0.6) is 5.75 Å². The number of benzene rings is 2. The highest BCUT2D eigenvalue weighted by molar-refractivity contribution is 5.97. The summed E-state index contributed by atoms with van der Waals surface area (Å²) in [4.78, 5) is 28.6. The van der Waals surface area contributed by atoms with Crippen molar-refractivity contribution in [3.8, 4) is 5.75 Å². The zero-order chi connectivity index (χ0) is 18.5. The second kappa shape index (κ2) is 7.65. The van der Waals surface area contributed by atoms with Crippen LogP contribution in [-0.4, -0.2) is 29.9 Å². The lowest BCUT2D eigenvalue weighted by molar-refractivity contribution is -0.119. The summed E-state index contributed by atoms with van der Waals surface area (Å²) in [5.74, 6) is -0.377. The average Bonchev–Trinajstić information content (AvgIpc) is 2.67. The van der Waals surface area contributed by atoms with Crippen LogP contribution in [0.3, 0.4) is 0 Å². The molecule has 3 aromatic rings. The van der Waals surface area contributed by atoms with E-state index in [1.54, 1.807) is 25.3 Å². The van der Waals surface area contributed by atoms with E-state index >= 15 is 0 Å². The summed E-state index contributed by atoms with van der Waals surface area (Å²) < 4.78 is 5.17. The summed E-state index contributed by atoms with van der Waals surface area (Å²) in [6.45, 7) is 0. The standard InChI is InChI=1S/C20H19N3O3/c1-26-15-7-4-5-13(11-15)12-18(19(21)24)23-20(25)17-10-9-14-6-2-3-8-16(14)22-17/h2-11,18H,12H2,1H3,(H2,21,24)(H,23,25)/t18-/m0/s1. The Balaban J connectivity index is 1.77. The van der Waals surface area contributed by atoms with Gasteiger partial charge in [0, 0.05) is 11.8 Å². The highest BCUT2D eigenvalue weighted by Crippen LogP contribution is 2.15. The first kappa shape index (κ1) is 17.4. The number of hydrogen-bond acceptors (Lipinski definition) is 4. The lowest BCUT2D eigenvalue weighted by atomic mass is 10.0. The largest absolute Gasteiger partial charge is 0.497 e. The number of methoxy groups -OCH3 is 1. The first-order valence-corrected chi connectivity index (χ1v) is 8.16. The average molecular weight is 349 g/mol. The van der Waals surface area contributed by atoms with E-state index in [0.717, 1.165) is 10.9 Å². The molecular weight excluding hydrogens is 330 g/mol. The Labute approximate surface area is 151 Å². The molecule has 0 aliphatic carbocycles. The van der Waals surface area contributed by atoms with Crippen molar-refractivity contribution < 1.29 is 14.3 Å². The number of pyridine rings is 1. The van der Waals surface area contributed by atoms with Crippen LogP contribution in [0.1, 0.15) is 16.1 Å². The van der Waals surface area contributed by atoms with Crippen LogP contribution >= 0.6 is 0 Å². The van der Waals surface area contributed by atoms with Crippen molar-refractivity contribution in [2.45, 2.75) is 12.5 Å². The minimum atomic E-state index is -0.845. The van der Waals surface area contributed by atoms with Gasteiger partial charge in [-0.15, -0.1) is 0 Å². The molecule has 2 amide bonds. The van der Waals surface area contributed by atoms with Crippen LogP contribution < -0.4 is 15.8 Å². The molecule has 132 valence electrons. The number of fused-ring (bicyclic) bond motifs is 1. The molecule has 0 saturated heterocycles. The highest BCUT2D eigenvalue weighted by atomic mass is 16.5. The fraction of sp³-hybridized carbons (Fsp3) is 0.150. The molecular formula is C20H19N3O3. The zero-order valence-electron chi connectivity index (χ0n) is 14.3. The first-order valence-electron chi connectivity index (χ1n) is 8.16. The van der Waals surface area contributed by atoms with E-state index < -0.39 is 17.9 Å². The zero-order valence-corrected chi connectivity index (χ0v) is 14.3. The normalized spacial score (nSPS) is 11.7. The molecule has 26 heavy (non-hydrogen) atoms. The Morgan fingerprint density at radius 1 is 1.12 bits per heavy atom. The smallest absolute Gasteiger partial charge is 0.270 e. The molecule has 6 nitrogen and oxygen atoms in total. The molecule has 1 heterocycles. The lowest BCUT2D eigenvalue weighted by Crippen LogP contribution is -2.46. The minimum Gasteiger partial charge on any atom is -0.497 e. The van der Waals surface area contributed by atoms with Crippen molar-refractivity contribution in [3.63, 3.8) is 0 Å². The van der Waals surface area contributed by atoms with Crippen LogP contribution in [0.4, 0.5) is 0 Å². The molecule has 0 bridgehead atoms. The number of aromatic nitrogens is 1. The number of carbonyl (C=O) groups is 2. The molecule has 0 aliphatic heterocycles. The van der Waals surface area contributed by atoms with Gasteiger partial charge >= 0.3 is 0 Å². The van der Waals surface area contributed by atoms with Gasteiger partial charge in [0.1, 0.15) is 17.5 Å². The quantitative estimate of drug-likeness (QED) is 0.712. The lowest BCUT2D eigenvalue weighted by Gasteiger charge is -2.16. The van der Waals surface area contributed by atoms with Crippen molar-refractivity contribution in [1.29, 1.82) is 0 Å². The van der Waals surface area contributed by atoms with Gasteiger partial charge in [0.25, 0.3) is 5.91 Å². The topological polar surface area (TPSA) is 94.3 Å². The third-order valence-electron chi connectivity index (χ3n) is 4.05. The summed E-state index contributed by atoms with van der Waals surface area (Å²) in [7, 11) is 1.57. The number of hydrogen-bond donors (Lipinski definition) is 2. The molecule has 0 aliphatic rings. The Morgan fingerprint density at radius 3 is 2.69 bits per heavy atom.